The number of pyridine rings is 1. The Bertz CT molecular complexity index is 932. The van der Waals surface area contributed by atoms with E-state index < -0.39 is 0 Å². The number of hydrogen-bond donors (Lipinski definition) is 1. The summed E-state index contributed by atoms with van der Waals surface area (Å²) in [5.74, 6) is 0.556. The average Bonchev–Trinajstić information content (AvgIpc) is 2.61. The van der Waals surface area contributed by atoms with Gasteiger partial charge in [-0.1, -0.05) is 59.1 Å². The summed E-state index contributed by atoms with van der Waals surface area (Å²) in [7, 11) is 0. The van der Waals surface area contributed by atoms with Gasteiger partial charge in [-0.15, -0.1) is 0 Å². The molecule has 0 saturated carbocycles. The highest BCUT2D eigenvalue weighted by molar-refractivity contribution is 6.41. The molecule has 7 heteroatoms. The predicted molar refractivity (Wildman–Crippen MR) is 100 cm³/mol. The number of benzene rings is 2. The third-order valence-electron chi connectivity index (χ3n) is 3.25. The molecule has 0 spiro atoms. The van der Waals surface area contributed by atoms with Gasteiger partial charge in [0.05, 0.1) is 21.3 Å². The summed E-state index contributed by atoms with van der Waals surface area (Å²) < 4.78 is 5.81. The molecule has 0 fully saturated rings. The molecule has 1 heterocycles. The molecule has 0 atom stereocenters. The molecule has 25 heavy (non-hydrogen) atoms. The molecule has 1 aromatic heterocycles. The van der Waals surface area contributed by atoms with Crippen LogP contribution in [-0.2, 0) is 0 Å². The Labute approximate surface area is 159 Å². The van der Waals surface area contributed by atoms with E-state index in [4.69, 9.17) is 39.5 Å². The third-order valence-corrected chi connectivity index (χ3v) is 4.25. The van der Waals surface area contributed by atoms with Gasteiger partial charge >= 0.3 is 0 Å². The number of ether oxygens (including phenoxy) is 1. The number of carbonyl (C=O) groups excluding carboxylic acids is 1. The van der Waals surface area contributed by atoms with Crippen LogP contribution in [-0.4, -0.2) is 10.9 Å². The maximum atomic E-state index is 12.4. The molecule has 0 aliphatic heterocycles. The van der Waals surface area contributed by atoms with Crippen molar-refractivity contribution in [2.75, 3.05) is 5.32 Å². The van der Waals surface area contributed by atoms with E-state index >= 15 is 0 Å². The lowest BCUT2D eigenvalue weighted by Gasteiger charge is -2.13. The first-order chi connectivity index (χ1) is 12.0. The van der Waals surface area contributed by atoms with Crippen molar-refractivity contribution in [3.8, 4) is 11.5 Å². The second-order valence-corrected chi connectivity index (χ2v) is 6.15. The van der Waals surface area contributed by atoms with Crippen LogP contribution in [0.5, 0.6) is 11.5 Å². The lowest BCUT2D eigenvalue weighted by atomic mass is 10.2. The summed E-state index contributed by atoms with van der Waals surface area (Å²) in [6.45, 7) is 0. The number of halogens is 3. The lowest BCUT2D eigenvalue weighted by molar-refractivity contribution is 0.102. The molecule has 0 radical (unpaired) electrons. The van der Waals surface area contributed by atoms with Gasteiger partial charge < -0.3 is 10.1 Å². The smallest absolute Gasteiger partial charge is 0.257 e. The molecule has 3 aromatic rings. The number of amides is 1. The molecular formula is C18H11Cl3N2O2. The number of rotatable bonds is 4. The number of nitrogens with one attached hydrogen (secondary N) is 1. The van der Waals surface area contributed by atoms with Crippen molar-refractivity contribution >= 4 is 46.4 Å². The Morgan fingerprint density at radius 2 is 1.60 bits per heavy atom. The molecule has 0 bridgehead atoms. The zero-order valence-corrected chi connectivity index (χ0v) is 14.9. The summed E-state index contributed by atoms with van der Waals surface area (Å²) in [6.07, 6.45) is 1.35. The first-order valence-electron chi connectivity index (χ1n) is 7.18. The fourth-order valence-corrected chi connectivity index (χ4v) is 2.49. The first kappa shape index (κ1) is 17.5. The summed E-state index contributed by atoms with van der Waals surface area (Å²) in [5.41, 5.74) is 0.764. The van der Waals surface area contributed by atoms with E-state index in [2.05, 4.69) is 10.3 Å². The van der Waals surface area contributed by atoms with Crippen molar-refractivity contribution in [2.45, 2.75) is 0 Å². The molecule has 2 aromatic carbocycles. The number of para-hydroxylation sites is 3. The van der Waals surface area contributed by atoms with E-state index in [9.17, 15) is 4.79 Å². The fraction of sp³-hybridized carbons (Fsp3) is 0. The topological polar surface area (TPSA) is 51.2 Å². The van der Waals surface area contributed by atoms with Crippen molar-refractivity contribution in [3.63, 3.8) is 0 Å². The molecule has 0 saturated heterocycles. The third kappa shape index (κ3) is 4.23. The Hall–Kier alpha value is -2.27. The van der Waals surface area contributed by atoms with E-state index in [0.29, 0.717) is 22.2 Å². The summed E-state index contributed by atoms with van der Waals surface area (Å²) in [6, 6.07) is 15.5. The van der Waals surface area contributed by atoms with E-state index in [1.165, 1.54) is 12.3 Å². The van der Waals surface area contributed by atoms with E-state index in [1.54, 1.807) is 42.5 Å². The molecule has 4 nitrogen and oxygen atoms in total. The normalized spacial score (nSPS) is 10.4. The van der Waals surface area contributed by atoms with Crippen LogP contribution in [0.4, 0.5) is 5.69 Å². The maximum absolute atomic E-state index is 12.4. The Kier molecular flexibility index (Phi) is 5.43. The second-order valence-electron chi connectivity index (χ2n) is 4.98. The molecule has 0 aliphatic carbocycles. The largest absolute Gasteiger partial charge is 0.454 e. The zero-order chi connectivity index (χ0) is 17.8. The van der Waals surface area contributed by atoms with Gasteiger partial charge in [0.1, 0.15) is 10.9 Å². The summed E-state index contributed by atoms with van der Waals surface area (Å²) in [5, 5.41) is 3.58. The monoisotopic (exact) mass is 392 g/mol. The van der Waals surface area contributed by atoms with Gasteiger partial charge in [0, 0.05) is 6.20 Å². The number of carbonyl (C=O) groups is 1. The summed E-state index contributed by atoms with van der Waals surface area (Å²) >= 11 is 17.8. The molecular weight excluding hydrogens is 383 g/mol. The van der Waals surface area contributed by atoms with Gasteiger partial charge in [0.2, 0.25) is 0 Å². The minimum Gasteiger partial charge on any atom is -0.454 e. The number of nitrogens with zero attached hydrogens (tertiary/aromatic N) is 1. The predicted octanol–water partition coefficient (Wildman–Crippen LogP) is 6.09. The van der Waals surface area contributed by atoms with Crippen LogP contribution < -0.4 is 10.1 Å². The van der Waals surface area contributed by atoms with Gasteiger partial charge in [0.15, 0.2) is 5.75 Å². The molecule has 0 aliphatic rings. The quantitative estimate of drug-likeness (QED) is 0.546. The number of aromatic nitrogens is 1. The van der Waals surface area contributed by atoms with Crippen molar-refractivity contribution in [3.05, 3.63) is 81.6 Å². The van der Waals surface area contributed by atoms with Gasteiger partial charge in [-0.2, -0.15) is 0 Å². The van der Waals surface area contributed by atoms with Gasteiger partial charge in [-0.3, -0.25) is 4.79 Å². The van der Waals surface area contributed by atoms with Gasteiger partial charge in [-0.05, 0) is 30.3 Å². The highest BCUT2D eigenvalue weighted by Crippen LogP contribution is 2.33. The highest BCUT2D eigenvalue weighted by atomic mass is 35.5. The van der Waals surface area contributed by atoms with Crippen molar-refractivity contribution in [1.29, 1.82) is 0 Å². The number of hydrogen-bond acceptors (Lipinski definition) is 3. The minimum absolute atomic E-state index is 0.140. The van der Waals surface area contributed by atoms with E-state index in [1.807, 2.05) is 6.07 Å². The van der Waals surface area contributed by atoms with E-state index in [0.717, 1.165) is 0 Å². The lowest BCUT2D eigenvalue weighted by Crippen LogP contribution is -2.13. The van der Waals surface area contributed by atoms with Crippen LogP contribution in [0.15, 0.2) is 60.8 Å². The summed E-state index contributed by atoms with van der Waals surface area (Å²) in [4.78, 5) is 16.3. The van der Waals surface area contributed by atoms with Gasteiger partial charge in [0.25, 0.3) is 5.91 Å². The fourth-order valence-electron chi connectivity index (χ4n) is 2.04. The standard InChI is InChI=1S/C18H11Cl3N2O2/c19-12-5-1-3-7-15(12)25-16-8-4-2-6-14(16)23-18(24)11-9-13(20)17(21)22-10-11/h1-10H,(H,23,24). The molecule has 3 rings (SSSR count). The second kappa shape index (κ2) is 7.74. The maximum Gasteiger partial charge on any atom is 0.257 e. The van der Waals surface area contributed by atoms with Crippen molar-refractivity contribution in [1.82, 2.24) is 4.98 Å². The molecule has 0 unspecified atom stereocenters. The SMILES string of the molecule is O=C(Nc1ccccc1Oc1ccccc1Cl)c1cnc(Cl)c(Cl)c1. The minimum atomic E-state index is -0.388. The zero-order valence-electron chi connectivity index (χ0n) is 12.7. The van der Waals surface area contributed by atoms with Crippen LogP contribution in [0.25, 0.3) is 0 Å². The Balaban J connectivity index is 1.84. The number of anilines is 1. The van der Waals surface area contributed by atoms with Crippen molar-refractivity contribution < 1.29 is 9.53 Å². The molecule has 1 amide bonds. The first-order valence-corrected chi connectivity index (χ1v) is 8.32. The van der Waals surface area contributed by atoms with Crippen LogP contribution in [0.2, 0.25) is 15.2 Å². The highest BCUT2D eigenvalue weighted by Gasteiger charge is 2.13. The van der Waals surface area contributed by atoms with Crippen LogP contribution in [0.3, 0.4) is 0 Å². The van der Waals surface area contributed by atoms with Crippen LogP contribution in [0, 0.1) is 0 Å². The van der Waals surface area contributed by atoms with Crippen LogP contribution >= 0.6 is 34.8 Å². The molecule has 126 valence electrons. The Morgan fingerprint density at radius 1 is 0.920 bits per heavy atom. The average molecular weight is 394 g/mol. The van der Waals surface area contributed by atoms with Crippen molar-refractivity contribution in [2.24, 2.45) is 0 Å². The van der Waals surface area contributed by atoms with Crippen LogP contribution in [0.1, 0.15) is 10.4 Å². The van der Waals surface area contributed by atoms with E-state index in [-0.39, 0.29) is 21.6 Å². The Morgan fingerprint density at radius 3 is 2.32 bits per heavy atom. The van der Waals surface area contributed by atoms with Gasteiger partial charge in [-0.25, -0.2) is 4.98 Å². The molecule has 1 N–H and O–H groups in total.